The summed E-state index contributed by atoms with van der Waals surface area (Å²) < 4.78 is 49.6. The van der Waals surface area contributed by atoms with Crippen molar-refractivity contribution in [2.24, 2.45) is 4.36 Å². The van der Waals surface area contributed by atoms with Gasteiger partial charge in [-0.25, -0.2) is 23.0 Å². The average Bonchev–Trinajstić information content (AvgIpc) is 3.21. The van der Waals surface area contributed by atoms with E-state index in [1.165, 1.54) is 43.0 Å². The van der Waals surface area contributed by atoms with Crippen LogP contribution in [0.4, 0.5) is 20.4 Å². The number of pyridine rings is 2. The lowest BCUT2D eigenvalue weighted by molar-refractivity contribution is 0.607. The molecule has 0 aliphatic carbocycles. The number of nitrogens with one attached hydrogen (secondary N) is 1. The normalized spacial score (nSPS) is 12.8. The van der Waals surface area contributed by atoms with E-state index in [-0.39, 0.29) is 22.3 Å². The first kappa shape index (κ1) is 20.4. The molecule has 3 aromatic heterocycles. The Labute approximate surface area is 176 Å². The molecular weight excluding hydrogens is 424 g/mol. The minimum absolute atomic E-state index is 0.0753. The van der Waals surface area contributed by atoms with E-state index in [0.717, 1.165) is 6.20 Å². The van der Waals surface area contributed by atoms with Crippen molar-refractivity contribution in [3.63, 3.8) is 0 Å². The van der Waals surface area contributed by atoms with Gasteiger partial charge in [-0.2, -0.15) is 5.26 Å². The number of fused-ring (bicyclic) bond motifs is 1. The lowest BCUT2D eigenvalue weighted by Crippen LogP contribution is -2.03. The molecule has 4 aromatic rings. The van der Waals surface area contributed by atoms with E-state index in [9.17, 15) is 13.0 Å². The van der Waals surface area contributed by atoms with Gasteiger partial charge in [-0.3, -0.25) is 0 Å². The fraction of sp³-hybridized carbons (Fsp3) is 0.0952. The fourth-order valence-electron chi connectivity index (χ4n) is 3.14. The molecule has 31 heavy (non-hydrogen) atoms. The van der Waals surface area contributed by atoms with Crippen LogP contribution >= 0.6 is 0 Å². The van der Waals surface area contributed by atoms with E-state index in [0.29, 0.717) is 22.8 Å². The molecule has 0 bridgehead atoms. The summed E-state index contributed by atoms with van der Waals surface area (Å²) in [6.07, 6.45) is 6.86. The summed E-state index contributed by atoms with van der Waals surface area (Å²) in [5.41, 5.74) is 1.45. The third-order valence-corrected chi connectivity index (χ3v) is 5.79. The van der Waals surface area contributed by atoms with Crippen molar-refractivity contribution in [1.29, 1.82) is 5.26 Å². The van der Waals surface area contributed by atoms with Gasteiger partial charge in [0, 0.05) is 23.6 Å². The zero-order valence-electron chi connectivity index (χ0n) is 16.2. The number of halogens is 2. The summed E-state index contributed by atoms with van der Waals surface area (Å²) in [7, 11) is -2.69. The molecule has 3 heterocycles. The molecule has 1 atom stereocenters. The SMILES string of the molecule is CS(=O)(Cc1ccnc(Nc2cc(-c3ccc(F)c4ccoc34)c(F)cn2)c1)=NC#N. The second-order valence-electron chi connectivity index (χ2n) is 6.78. The first-order valence-corrected chi connectivity index (χ1v) is 11.1. The molecular formula is C21H15F2N5O2S. The third kappa shape index (κ3) is 4.36. The van der Waals surface area contributed by atoms with Crippen LogP contribution in [0.5, 0.6) is 0 Å². The zero-order valence-corrected chi connectivity index (χ0v) is 17.0. The second-order valence-corrected chi connectivity index (χ2v) is 9.17. The number of anilines is 2. The van der Waals surface area contributed by atoms with Crippen molar-refractivity contribution in [3.8, 4) is 17.3 Å². The molecule has 0 saturated heterocycles. The Kier molecular flexibility index (Phi) is 5.35. The Morgan fingerprint density at radius 1 is 1.13 bits per heavy atom. The Hall–Kier alpha value is -3.84. The number of rotatable bonds is 5. The van der Waals surface area contributed by atoms with Crippen molar-refractivity contribution in [1.82, 2.24) is 9.97 Å². The summed E-state index contributed by atoms with van der Waals surface area (Å²) in [4.78, 5) is 8.22. The third-order valence-electron chi connectivity index (χ3n) is 4.46. The molecule has 0 aliphatic rings. The predicted octanol–water partition coefficient (Wildman–Crippen LogP) is 4.99. The summed E-state index contributed by atoms with van der Waals surface area (Å²) >= 11 is 0. The Bertz CT molecular complexity index is 1450. The number of nitrogens with zero attached hydrogens (tertiary/aromatic N) is 4. The highest BCUT2D eigenvalue weighted by Crippen LogP contribution is 2.33. The van der Waals surface area contributed by atoms with Crippen LogP contribution < -0.4 is 5.32 Å². The largest absolute Gasteiger partial charge is 0.464 e. The molecule has 0 radical (unpaired) electrons. The van der Waals surface area contributed by atoms with Crippen molar-refractivity contribution in [2.45, 2.75) is 5.75 Å². The predicted molar refractivity (Wildman–Crippen MR) is 113 cm³/mol. The quantitative estimate of drug-likeness (QED) is 0.439. The number of furan rings is 1. The van der Waals surface area contributed by atoms with Gasteiger partial charge in [0.05, 0.1) is 33.3 Å². The van der Waals surface area contributed by atoms with Gasteiger partial charge in [0.1, 0.15) is 28.9 Å². The molecule has 0 aliphatic heterocycles. The topological polar surface area (TPSA) is 104 Å². The maximum atomic E-state index is 14.5. The van der Waals surface area contributed by atoms with Crippen LogP contribution in [0.2, 0.25) is 0 Å². The van der Waals surface area contributed by atoms with E-state index in [1.54, 1.807) is 18.3 Å². The van der Waals surface area contributed by atoms with Gasteiger partial charge < -0.3 is 9.73 Å². The Morgan fingerprint density at radius 2 is 1.94 bits per heavy atom. The van der Waals surface area contributed by atoms with Crippen LogP contribution in [0.15, 0.2) is 63.8 Å². The summed E-state index contributed by atoms with van der Waals surface area (Å²) in [5, 5.41) is 11.9. The van der Waals surface area contributed by atoms with E-state index in [1.807, 2.05) is 0 Å². The van der Waals surface area contributed by atoms with Gasteiger partial charge in [0.15, 0.2) is 0 Å². The first-order chi connectivity index (χ1) is 14.9. The number of benzene rings is 1. The maximum Gasteiger partial charge on any atom is 0.214 e. The first-order valence-electron chi connectivity index (χ1n) is 8.98. The van der Waals surface area contributed by atoms with Crippen molar-refractivity contribution in [2.75, 3.05) is 11.6 Å². The Morgan fingerprint density at radius 3 is 2.74 bits per heavy atom. The molecule has 1 N–H and O–H groups in total. The van der Waals surface area contributed by atoms with Gasteiger partial charge in [0.2, 0.25) is 6.19 Å². The molecule has 4 rings (SSSR count). The van der Waals surface area contributed by atoms with E-state index in [2.05, 4.69) is 19.6 Å². The monoisotopic (exact) mass is 439 g/mol. The van der Waals surface area contributed by atoms with Gasteiger partial charge in [0.25, 0.3) is 0 Å². The van der Waals surface area contributed by atoms with Crippen molar-refractivity contribution >= 4 is 32.3 Å². The number of nitriles is 1. The summed E-state index contributed by atoms with van der Waals surface area (Å²) in [6, 6.07) is 8.94. The van der Waals surface area contributed by atoms with E-state index in [4.69, 9.17) is 9.68 Å². The highest BCUT2D eigenvalue weighted by molar-refractivity contribution is 7.92. The molecule has 1 aromatic carbocycles. The van der Waals surface area contributed by atoms with E-state index >= 15 is 0 Å². The molecule has 156 valence electrons. The minimum Gasteiger partial charge on any atom is -0.464 e. The highest BCUT2D eigenvalue weighted by atomic mass is 32.2. The van der Waals surface area contributed by atoms with Gasteiger partial charge in [-0.05, 0) is 42.0 Å². The van der Waals surface area contributed by atoms with Crippen LogP contribution in [0.3, 0.4) is 0 Å². The van der Waals surface area contributed by atoms with Crippen LogP contribution in [0.1, 0.15) is 5.56 Å². The molecule has 0 spiro atoms. The standard InChI is InChI=1S/C21H15F2N5O2S/c1-31(29,27-12-24)11-13-4-6-25-19(8-13)28-20-9-16(18(23)10-26-20)14-2-3-17(22)15-5-7-30-21(14)15/h2-10H,11H2,1H3,(H,25,26,28). The lowest BCUT2D eigenvalue weighted by Gasteiger charge is -2.10. The smallest absolute Gasteiger partial charge is 0.214 e. The zero-order chi connectivity index (χ0) is 22.0. The summed E-state index contributed by atoms with van der Waals surface area (Å²) in [6.45, 7) is 0. The molecule has 0 amide bonds. The van der Waals surface area contributed by atoms with Crippen molar-refractivity contribution < 1.29 is 17.4 Å². The highest BCUT2D eigenvalue weighted by Gasteiger charge is 2.15. The van der Waals surface area contributed by atoms with Crippen LogP contribution in [-0.4, -0.2) is 20.4 Å². The van der Waals surface area contributed by atoms with Crippen LogP contribution in [0, 0.1) is 23.1 Å². The summed E-state index contributed by atoms with van der Waals surface area (Å²) in [5.74, 6) is -0.301. The molecule has 10 heteroatoms. The minimum atomic E-state index is -2.69. The number of aromatic nitrogens is 2. The molecule has 1 unspecified atom stereocenters. The van der Waals surface area contributed by atoms with Crippen LogP contribution in [0.25, 0.3) is 22.1 Å². The second kappa shape index (κ2) is 8.12. The van der Waals surface area contributed by atoms with E-state index < -0.39 is 21.4 Å². The lowest BCUT2D eigenvalue weighted by atomic mass is 10.0. The van der Waals surface area contributed by atoms with Gasteiger partial charge in [-0.15, -0.1) is 4.36 Å². The molecule has 7 nitrogen and oxygen atoms in total. The Balaban J connectivity index is 1.67. The average molecular weight is 439 g/mol. The number of hydrogen-bond acceptors (Lipinski definition) is 7. The van der Waals surface area contributed by atoms with Crippen molar-refractivity contribution in [3.05, 3.63) is 72.3 Å². The number of hydrogen-bond donors (Lipinski definition) is 1. The van der Waals surface area contributed by atoms with Crippen LogP contribution in [-0.2, 0) is 15.5 Å². The fourth-order valence-corrected chi connectivity index (χ4v) is 4.18. The van der Waals surface area contributed by atoms with Gasteiger partial charge in [-0.1, -0.05) is 0 Å². The van der Waals surface area contributed by atoms with Gasteiger partial charge >= 0.3 is 0 Å². The maximum absolute atomic E-state index is 14.5. The molecule has 0 saturated carbocycles. The molecule has 0 fully saturated rings.